The van der Waals surface area contributed by atoms with Gasteiger partial charge in [0.05, 0.1) is 6.04 Å². The Labute approximate surface area is 147 Å². The van der Waals surface area contributed by atoms with Crippen molar-refractivity contribution in [2.45, 2.75) is 45.1 Å². The lowest BCUT2D eigenvalue weighted by Gasteiger charge is -2.36. The molecule has 0 aromatic carbocycles. The van der Waals surface area contributed by atoms with Crippen LogP contribution in [-0.4, -0.2) is 45.6 Å². The van der Waals surface area contributed by atoms with Crippen molar-refractivity contribution in [2.24, 2.45) is 0 Å². The van der Waals surface area contributed by atoms with Crippen molar-refractivity contribution < 1.29 is 9.32 Å². The van der Waals surface area contributed by atoms with E-state index >= 15 is 0 Å². The highest BCUT2D eigenvalue weighted by Crippen LogP contribution is 2.23. The number of carbonyl (C=O) groups excluding carboxylic acids is 1. The minimum Gasteiger partial charge on any atom is -0.339 e. The lowest BCUT2D eigenvalue weighted by molar-refractivity contribution is -0.134. The second kappa shape index (κ2) is 7.31. The molecule has 7 heteroatoms. The average molecular weight is 343 g/mol. The van der Waals surface area contributed by atoms with Crippen molar-refractivity contribution in [3.8, 4) is 0 Å². The molecule has 1 fully saturated rings. The van der Waals surface area contributed by atoms with Gasteiger partial charge in [0.1, 0.15) is 0 Å². The Kier molecular flexibility index (Phi) is 5.13. The highest BCUT2D eigenvalue weighted by molar-refractivity contribution is 5.77. The van der Waals surface area contributed by atoms with Gasteiger partial charge in [0.25, 0.3) is 0 Å². The van der Waals surface area contributed by atoms with Gasteiger partial charge in [-0.3, -0.25) is 9.78 Å². The lowest BCUT2D eigenvalue weighted by atomic mass is 9.96. The molecule has 0 radical (unpaired) electrons. The van der Waals surface area contributed by atoms with Crippen molar-refractivity contribution in [1.29, 1.82) is 0 Å². The molecule has 1 saturated heterocycles. The van der Waals surface area contributed by atoms with Crippen molar-refractivity contribution in [3.63, 3.8) is 0 Å². The predicted octanol–water partition coefficient (Wildman–Crippen LogP) is 1.87. The summed E-state index contributed by atoms with van der Waals surface area (Å²) in [5.74, 6) is 1.29. The average Bonchev–Trinajstić information content (AvgIpc) is 3.10. The maximum Gasteiger partial charge on any atom is 0.227 e. The molecule has 2 aromatic heterocycles. The highest BCUT2D eigenvalue weighted by atomic mass is 16.5. The molecule has 1 amide bonds. The number of amides is 1. The normalized spacial score (nSPS) is 18.4. The van der Waals surface area contributed by atoms with Gasteiger partial charge in [0, 0.05) is 50.3 Å². The van der Waals surface area contributed by atoms with E-state index in [2.05, 4.69) is 20.4 Å². The summed E-state index contributed by atoms with van der Waals surface area (Å²) in [7, 11) is 0. The molecule has 0 spiro atoms. The fourth-order valence-corrected chi connectivity index (χ4v) is 2.89. The predicted molar refractivity (Wildman–Crippen MR) is 92.9 cm³/mol. The van der Waals surface area contributed by atoms with Gasteiger partial charge in [-0.2, -0.15) is 4.98 Å². The van der Waals surface area contributed by atoms with E-state index in [1.807, 2.05) is 44.0 Å². The number of hydrogen-bond acceptors (Lipinski definition) is 6. The lowest BCUT2D eigenvalue weighted by Crippen LogP contribution is -2.48. The molecule has 1 unspecified atom stereocenters. The summed E-state index contributed by atoms with van der Waals surface area (Å²) >= 11 is 0. The molecule has 1 N–H and O–H groups in total. The first-order chi connectivity index (χ1) is 11.9. The third-order valence-corrected chi connectivity index (χ3v) is 4.32. The second-order valence-electron chi connectivity index (χ2n) is 7.36. The fraction of sp³-hybridized carbons (Fsp3) is 0.556. The molecular weight excluding hydrogens is 318 g/mol. The molecule has 1 aliphatic heterocycles. The third-order valence-electron chi connectivity index (χ3n) is 4.32. The molecule has 2 aromatic rings. The van der Waals surface area contributed by atoms with Crippen LogP contribution in [0.25, 0.3) is 0 Å². The van der Waals surface area contributed by atoms with E-state index in [0.29, 0.717) is 31.1 Å². The molecule has 0 bridgehead atoms. The summed E-state index contributed by atoms with van der Waals surface area (Å²) < 4.78 is 5.29. The number of aryl methyl sites for hydroxylation is 1. The highest BCUT2D eigenvalue weighted by Gasteiger charge is 2.28. The van der Waals surface area contributed by atoms with E-state index in [1.54, 1.807) is 6.20 Å². The van der Waals surface area contributed by atoms with Crippen LogP contribution in [0.3, 0.4) is 0 Å². The van der Waals surface area contributed by atoms with Gasteiger partial charge in [-0.15, -0.1) is 0 Å². The van der Waals surface area contributed by atoms with E-state index in [0.717, 1.165) is 18.7 Å². The van der Waals surface area contributed by atoms with E-state index in [9.17, 15) is 4.79 Å². The summed E-state index contributed by atoms with van der Waals surface area (Å²) in [6, 6.07) is 3.93. The van der Waals surface area contributed by atoms with E-state index in [-0.39, 0.29) is 17.4 Å². The van der Waals surface area contributed by atoms with Gasteiger partial charge >= 0.3 is 0 Å². The van der Waals surface area contributed by atoms with Gasteiger partial charge in [-0.1, -0.05) is 32.0 Å². The Morgan fingerprint density at radius 2 is 2.28 bits per heavy atom. The second-order valence-corrected chi connectivity index (χ2v) is 7.36. The van der Waals surface area contributed by atoms with Crippen molar-refractivity contribution in [3.05, 3.63) is 41.8 Å². The summed E-state index contributed by atoms with van der Waals surface area (Å²) in [5.41, 5.74) is 0.895. The van der Waals surface area contributed by atoms with Gasteiger partial charge in [0.15, 0.2) is 5.82 Å². The quantitative estimate of drug-likeness (QED) is 0.912. The molecule has 1 atom stereocenters. The van der Waals surface area contributed by atoms with Crippen LogP contribution < -0.4 is 5.32 Å². The van der Waals surface area contributed by atoms with Crippen LogP contribution in [0, 0.1) is 0 Å². The van der Waals surface area contributed by atoms with Gasteiger partial charge < -0.3 is 14.7 Å². The van der Waals surface area contributed by atoms with Crippen molar-refractivity contribution in [1.82, 2.24) is 25.3 Å². The minimum atomic E-state index is -0.157. The zero-order chi connectivity index (χ0) is 17.9. The summed E-state index contributed by atoms with van der Waals surface area (Å²) in [4.78, 5) is 23.3. The molecule has 25 heavy (non-hydrogen) atoms. The van der Waals surface area contributed by atoms with Crippen LogP contribution in [-0.2, 0) is 16.6 Å². The van der Waals surface area contributed by atoms with Crippen LogP contribution >= 0.6 is 0 Å². The van der Waals surface area contributed by atoms with Crippen LogP contribution in [0.15, 0.2) is 29.0 Å². The zero-order valence-corrected chi connectivity index (χ0v) is 15.0. The Hall–Kier alpha value is -2.28. The molecular formula is C18H25N5O2. The number of aromatic nitrogens is 3. The van der Waals surface area contributed by atoms with E-state index in [4.69, 9.17) is 4.52 Å². The number of nitrogens with one attached hydrogen (secondary N) is 1. The molecule has 3 rings (SSSR count). The SMILES string of the molecule is CC(C)(C)c1noc(CCC(=O)N2CCNCC2c2cccnc2)n1. The van der Waals surface area contributed by atoms with Crippen LogP contribution in [0.4, 0.5) is 0 Å². The Morgan fingerprint density at radius 3 is 2.96 bits per heavy atom. The number of nitrogens with zero attached hydrogens (tertiary/aromatic N) is 4. The zero-order valence-electron chi connectivity index (χ0n) is 15.0. The Bertz CT molecular complexity index is 708. The van der Waals surface area contributed by atoms with Crippen molar-refractivity contribution >= 4 is 5.91 Å². The largest absolute Gasteiger partial charge is 0.339 e. The standard InChI is InChI=1S/C18H25N5O2/c1-18(2,3)17-21-15(25-22-17)6-7-16(24)23-10-9-20-12-14(23)13-5-4-8-19-11-13/h4-5,8,11,14,20H,6-7,9-10,12H2,1-3H3. The summed E-state index contributed by atoms with van der Waals surface area (Å²) in [5, 5.41) is 7.36. The van der Waals surface area contributed by atoms with Crippen LogP contribution in [0.5, 0.6) is 0 Å². The van der Waals surface area contributed by atoms with Gasteiger partial charge in [0.2, 0.25) is 11.8 Å². The first-order valence-electron chi connectivity index (χ1n) is 8.68. The number of rotatable bonds is 4. The van der Waals surface area contributed by atoms with Gasteiger partial charge in [-0.25, -0.2) is 0 Å². The Balaban J connectivity index is 1.64. The first kappa shape index (κ1) is 17.5. The Morgan fingerprint density at radius 1 is 1.44 bits per heavy atom. The molecule has 0 aliphatic carbocycles. The molecule has 7 nitrogen and oxygen atoms in total. The summed E-state index contributed by atoms with van der Waals surface area (Å²) in [6.07, 6.45) is 4.40. The molecule has 1 aliphatic rings. The summed E-state index contributed by atoms with van der Waals surface area (Å²) in [6.45, 7) is 8.34. The van der Waals surface area contributed by atoms with E-state index < -0.39 is 0 Å². The maximum absolute atomic E-state index is 12.7. The maximum atomic E-state index is 12.7. The number of carbonyl (C=O) groups is 1. The van der Waals surface area contributed by atoms with Crippen LogP contribution in [0.1, 0.15) is 50.5 Å². The number of piperazine rings is 1. The van der Waals surface area contributed by atoms with Crippen LogP contribution in [0.2, 0.25) is 0 Å². The number of hydrogen-bond donors (Lipinski definition) is 1. The van der Waals surface area contributed by atoms with Crippen molar-refractivity contribution in [2.75, 3.05) is 19.6 Å². The molecule has 134 valence electrons. The van der Waals surface area contributed by atoms with Gasteiger partial charge in [-0.05, 0) is 11.6 Å². The molecule has 0 saturated carbocycles. The van der Waals surface area contributed by atoms with E-state index in [1.165, 1.54) is 0 Å². The number of pyridine rings is 1. The smallest absolute Gasteiger partial charge is 0.227 e. The first-order valence-corrected chi connectivity index (χ1v) is 8.68. The monoisotopic (exact) mass is 343 g/mol. The minimum absolute atomic E-state index is 0.0165. The third kappa shape index (κ3) is 4.22. The molecule has 3 heterocycles. The topological polar surface area (TPSA) is 84.2 Å². The fourth-order valence-electron chi connectivity index (χ4n) is 2.89.